The number of carbonyl (C=O) groups is 1. The van der Waals surface area contributed by atoms with E-state index in [1.54, 1.807) is 11.8 Å². The third-order valence-electron chi connectivity index (χ3n) is 7.09. The summed E-state index contributed by atoms with van der Waals surface area (Å²) in [4.78, 5) is 22.0. The fourth-order valence-electron chi connectivity index (χ4n) is 5.43. The van der Waals surface area contributed by atoms with E-state index in [0.717, 1.165) is 40.3 Å². The number of rotatable bonds is 6. The van der Waals surface area contributed by atoms with Crippen LogP contribution in [0.1, 0.15) is 73.6 Å². The maximum Gasteiger partial charge on any atom is 0.254 e. The van der Waals surface area contributed by atoms with Crippen LogP contribution in [0.5, 0.6) is 0 Å². The molecule has 2 fully saturated rings. The number of nitrogens with zero attached hydrogens (tertiary/aromatic N) is 3. The first-order chi connectivity index (χ1) is 15.6. The second-order valence-electron chi connectivity index (χ2n) is 9.07. The van der Waals surface area contributed by atoms with E-state index in [1.807, 2.05) is 42.5 Å². The van der Waals surface area contributed by atoms with Gasteiger partial charge in [-0.2, -0.15) is 0 Å². The Bertz CT molecular complexity index is 1100. The zero-order chi connectivity index (χ0) is 22.1. The Hall–Kier alpha value is -1.98. The molecule has 0 atom stereocenters. The molecule has 2 saturated carbocycles. The number of imidazole rings is 1. The average molecular weight is 468 g/mol. The zero-order valence-corrected chi connectivity index (χ0v) is 20.2. The molecule has 2 aromatic carbocycles. The average Bonchev–Trinajstić information content (AvgIpc) is 3.57. The molecule has 0 unspecified atom stereocenters. The first kappa shape index (κ1) is 21.8. The Balaban J connectivity index is 1.53. The fraction of sp³-hybridized carbons (Fsp3) is 0.462. The van der Waals surface area contributed by atoms with E-state index in [4.69, 9.17) is 16.6 Å². The van der Waals surface area contributed by atoms with Gasteiger partial charge in [-0.15, -0.1) is 11.8 Å². The van der Waals surface area contributed by atoms with Crippen LogP contribution < -0.4 is 0 Å². The monoisotopic (exact) mass is 467 g/mol. The molecule has 5 rings (SSSR count). The van der Waals surface area contributed by atoms with Gasteiger partial charge in [0.25, 0.3) is 5.91 Å². The van der Waals surface area contributed by atoms with Crippen LogP contribution in [0.3, 0.4) is 0 Å². The summed E-state index contributed by atoms with van der Waals surface area (Å²) in [6, 6.07) is 14.7. The topological polar surface area (TPSA) is 38.1 Å². The molecule has 0 spiro atoms. The molecule has 1 amide bonds. The van der Waals surface area contributed by atoms with Crippen molar-refractivity contribution >= 4 is 40.3 Å². The van der Waals surface area contributed by atoms with Crippen LogP contribution in [-0.4, -0.2) is 32.7 Å². The van der Waals surface area contributed by atoms with E-state index in [1.165, 1.54) is 43.4 Å². The van der Waals surface area contributed by atoms with E-state index in [0.29, 0.717) is 12.6 Å². The summed E-state index contributed by atoms with van der Waals surface area (Å²) >= 11 is 8.06. The van der Waals surface area contributed by atoms with Crippen molar-refractivity contribution in [3.05, 3.63) is 58.9 Å². The van der Waals surface area contributed by atoms with Gasteiger partial charge in [-0.25, -0.2) is 4.98 Å². The van der Waals surface area contributed by atoms with Gasteiger partial charge in [0.15, 0.2) is 0 Å². The Morgan fingerprint density at radius 3 is 2.44 bits per heavy atom. The van der Waals surface area contributed by atoms with Crippen molar-refractivity contribution in [3.8, 4) is 0 Å². The lowest BCUT2D eigenvalue weighted by Crippen LogP contribution is -2.39. The number of carbonyl (C=O) groups excluding carboxylic acids is 1. The van der Waals surface area contributed by atoms with Gasteiger partial charge in [-0.05, 0) is 74.4 Å². The van der Waals surface area contributed by atoms with Crippen molar-refractivity contribution in [2.45, 2.75) is 74.9 Å². The van der Waals surface area contributed by atoms with Crippen molar-refractivity contribution in [1.82, 2.24) is 14.5 Å². The Kier molecular flexibility index (Phi) is 6.47. The second kappa shape index (κ2) is 9.48. The predicted molar refractivity (Wildman–Crippen MR) is 133 cm³/mol. The van der Waals surface area contributed by atoms with Gasteiger partial charge in [0.05, 0.1) is 17.6 Å². The van der Waals surface area contributed by atoms with Crippen molar-refractivity contribution in [1.29, 1.82) is 0 Å². The molecule has 1 heterocycles. The van der Waals surface area contributed by atoms with Gasteiger partial charge in [0, 0.05) is 27.6 Å². The quantitative estimate of drug-likeness (QED) is 0.362. The molecule has 0 bridgehead atoms. The van der Waals surface area contributed by atoms with Crippen LogP contribution in [0.2, 0.25) is 5.02 Å². The fourth-order valence-corrected chi connectivity index (χ4v) is 6.01. The number of aromatic nitrogens is 2. The van der Waals surface area contributed by atoms with Crippen LogP contribution in [0.4, 0.5) is 0 Å². The summed E-state index contributed by atoms with van der Waals surface area (Å²) in [6.07, 6.45) is 11.4. The van der Waals surface area contributed by atoms with E-state index in [9.17, 15) is 4.79 Å². The lowest BCUT2D eigenvalue weighted by Gasteiger charge is -2.30. The predicted octanol–water partition coefficient (Wildman–Crippen LogP) is 7.11. The summed E-state index contributed by atoms with van der Waals surface area (Å²) in [5.41, 5.74) is 2.84. The Morgan fingerprint density at radius 2 is 1.75 bits per heavy atom. The largest absolute Gasteiger partial charge is 0.328 e. The molecule has 6 heteroatoms. The van der Waals surface area contributed by atoms with Crippen molar-refractivity contribution in [3.63, 3.8) is 0 Å². The van der Waals surface area contributed by atoms with Crippen molar-refractivity contribution in [2.75, 3.05) is 6.26 Å². The smallest absolute Gasteiger partial charge is 0.254 e. The summed E-state index contributed by atoms with van der Waals surface area (Å²) < 4.78 is 2.39. The molecular weight excluding hydrogens is 438 g/mol. The number of fused-ring (bicyclic) bond motifs is 1. The van der Waals surface area contributed by atoms with Crippen LogP contribution in [-0.2, 0) is 6.54 Å². The normalized spacial score (nSPS) is 17.4. The highest BCUT2D eigenvalue weighted by molar-refractivity contribution is 7.98. The van der Waals surface area contributed by atoms with E-state index in [2.05, 4.69) is 15.7 Å². The van der Waals surface area contributed by atoms with Gasteiger partial charge >= 0.3 is 0 Å². The lowest BCUT2D eigenvalue weighted by atomic mass is 10.1. The molecule has 0 aliphatic heterocycles. The summed E-state index contributed by atoms with van der Waals surface area (Å²) in [5, 5.41) is 0.737. The van der Waals surface area contributed by atoms with E-state index in [-0.39, 0.29) is 11.9 Å². The molecule has 2 aliphatic rings. The first-order valence-electron chi connectivity index (χ1n) is 11.8. The number of hydrogen-bond donors (Lipinski definition) is 0. The van der Waals surface area contributed by atoms with E-state index < -0.39 is 0 Å². The molecule has 1 aromatic heterocycles. The molecule has 3 aromatic rings. The van der Waals surface area contributed by atoms with Gasteiger partial charge in [0.2, 0.25) is 0 Å². The Morgan fingerprint density at radius 1 is 1.06 bits per heavy atom. The summed E-state index contributed by atoms with van der Waals surface area (Å²) in [5.74, 6) is 1.11. The highest BCUT2D eigenvalue weighted by atomic mass is 35.5. The zero-order valence-electron chi connectivity index (χ0n) is 18.6. The highest BCUT2D eigenvalue weighted by Crippen LogP contribution is 2.36. The number of amides is 1. The number of benzene rings is 2. The molecular formula is C26H30ClN3OS. The molecule has 0 N–H and O–H groups in total. The number of halogens is 1. The van der Waals surface area contributed by atoms with Crippen molar-refractivity contribution < 1.29 is 4.79 Å². The molecule has 2 aliphatic carbocycles. The maximum absolute atomic E-state index is 13.7. The summed E-state index contributed by atoms with van der Waals surface area (Å²) in [6.45, 7) is 0.552. The van der Waals surface area contributed by atoms with E-state index >= 15 is 0 Å². The summed E-state index contributed by atoms with van der Waals surface area (Å²) in [7, 11) is 0. The van der Waals surface area contributed by atoms with Crippen LogP contribution >= 0.6 is 23.4 Å². The third-order valence-corrected chi connectivity index (χ3v) is 8.07. The minimum Gasteiger partial charge on any atom is -0.328 e. The van der Waals surface area contributed by atoms with Gasteiger partial charge < -0.3 is 9.47 Å². The number of hydrogen-bond acceptors (Lipinski definition) is 3. The molecule has 0 radical (unpaired) electrons. The van der Waals surface area contributed by atoms with Crippen molar-refractivity contribution in [2.24, 2.45) is 0 Å². The highest BCUT2D eigenvalue weighted by Gasteiger charge is 2.31. The maximum atomic E-state index is 13.7. The molecule has 4 nitrogen and oxygen atoms in total. The third kappa shape index (κ3) is 4.29. The Labute approximate surface area is 199 Å². The second-order valence-corrected chi connectivity index (χ2v) is 10.4. The van der Waals surface area contributed by atoms with Gasteiger partial charge in [-0.3, -0.25) is 4.79 Å². The van der Waals surface area contributed by atoms with Crippen LogP contribution in [0, 0.1) is 0 Å². The standard InChI is InChI=1S/C26H30ClN3OS/c1-32-22-13-10-18(11-14-22)26(31)29(20-6-2-3-7-20)17-25-28-23-15-12-19(27)16-24(23)30(25)21-8-4-5-9-21/h10-16,20-21H,2-9,17H2,1H3. The lowest BCUT2D eigenvalue weighted by molar-refractivity contribution is 0.0655. The molecule has 0 saturated heterocycles. The van der Waals surface area contributed by atoms with Crippen LogP contribution in [0.25, 0.3) is 11.0 Å². The SMILES string of the molecule is CSc1ccc(C(=O)N(Cc2nc3ccc(Cl)cc3n2C2CCCC2)C2CCCC2)cc1. The van der Waals surface area contributed by atoms with Gasteiger partial charge in [-0.1, -0.05) is 37.3 Å². The molecule has 32 heavy (non-hydrogen) atoms. The minimum absolute atomic E-state index is 0.118. The van der Waals surface area contributed by atoms with Gasteiger partial charge in [0.1, 0.15) is 5.82 Å². The minimum atomic E-state index is 0.118. The molecule has 168 valence electrons. The van der Waals surface area contributed by atoms with Crippen LogP contribution in [0.15, 0.2) is 47.4 Å². The number of thioether (sulfide) groups is 1. The first-order valence-corrected chi connectivity index (χ1v) is 13.4.